The molecule has 0 unspecified atom stereocenters. The maximum atomic E-state index is 13.4. The van der Waals surface area contributed by atoms with E-state index >= 15 is 0 Å². The molecule has 0 aliphatic carbocycles. The molecule has 2 N–H and O–H groups in total. The summed E-state index contributed by atoms with van der Waals surface area (Å²) in [4.78, 5) is 31.2. The Hall–Kier alpha value is -3.04. The van der Waals surface area contributed by atoms with Crippen LogP contribution in [0.5, 0.6) is 0 Å². The number of nitrogens with one attached hydrogen (secondary N) is 2. The van der Waals surface area contributed by atoms with Crippen molar-refractivity contribution in [3.8, 4) is 0 Å². The van der Waals surface area contributed by atoms with Crippen LogP contribution in [0.2, 0.25) is 0 Å². The standard InChI is InChI=1S/C16H20FN5O4/c1-16(2,3)25-15(24)19-8-6-12-21-13(22-26-12)14(23)20-9-11-10(17)5-4-7-18-11/h4-5,7H,6,8-9H2,1-3H3,(H,19,24)(H,20,23). The third kappa shape index (κ3) is 6.11. The molecule has 2 rings (SSSR count). The highest BCUT2D eigenvalue weighted by atomic mass is 19.1. The predicted molar refractivity (Wildman–Crippen MR) is 87.6 cm³/mol. The van der Waals surface area contributed by atoms with Crippen LogP contribution in [0.1, 0.15) is 43.0 Å². The Morgan fingerprint density at radius 3 is 2.77 bits per heavy atom. The number of hydrogen-bond acceptors (Lipinski definition) is 7. The molecule has 0 radical (unpaired) electrons. The van der Waals surface area contributed by atoms with E-state index in [-0.39, 0.29) is 36.9 Å². The highest BCUT2D eigenvalue weighted by Gasteiger charge is 2.17. The van der Waals surface area contributed by atoms with Gasteiger partial charge in [0.1, 0.15) is 11.4 Å². The van der Waals surface area contributed by atoms with Crippen LogP contribution in [-0.2, 0) is 17.7 Å². The molecule has 0 fully saturated rings. The zero-order valence-corrected chi connectivity index (χ0v) is 14.7. The van der Waals surface area contributed by atoms with Crippen molar-refractivity contribution in [3.63, 3.8) is 0 Å². The molecule has 0 spiro atoms. The van der Waals surface area contributed by atoms with Crippen LogP contribution < -0.4 is 10.6 Å². The van der Waals surface area contributed by atoms with E-state index < -0.39 is 23.4 Å². The maximum absolute atomic E-state index is 13.4. The molecule has 0 aliphatic heterocycles. The third-order valence-corrected chi connectivity index (χ3v) is 2.93. The molecule has 0 saturated carbocycles. The monoisotopic (exact) mass is 365 g/mol. The Kier molecular flexibility index (Phi) is 6.21. The third-order valence-electron chi connectivity index (χ3n) is 2.93. The number of alkyl carbamates (subject to hydrolysis) is 1. The number of ether oxygens (including phenoxy) is 1. The van der Waals surface area contributed by atoms with Crippen molar-refractivity contribution in [1.29, 1.82) is 0 Å². The van der Waals surface area contributed by atoms with Crippen LogP contribution in [0.15, 0.2) is 22.9 Å². The van der Waals surface area contributed by atoms with Crippen molar-refractivity contribution in [2.24, 2.45) is 0 Å². The van der Waals surface area contributed by atoms with E-state index in [9.17, 15) is 14.0 Å². The van der Waals surface area contributed by atoms with Crippen LogP contribution >= 0.6 is 0 Å². The number of rotatable bonds is 6. The quantitative estimate of drug-likeness (QED) is 0.798. The number of halogens is 1. The summed E-state index contributed by atoms with van der Waals surface area (Å²) in [6.07, 6.45) is 1.09. The van der Waals surface area contributed by atoms with Gasteiger partial charge in [-0.25, -0.2) is 9.18 Å². The zero-order chi connectivity index (χ0) is 19.2. The van der Waals surface area contributed by atoms with Gasteiger partial charge in [0.25, 0.3) is 11.7 Å². The fourth-order valence-electron chi connectivity index (χ4n) is 1.83. The number of aromatic nitrogens is 3. The summed E-state index contributed by atoms with van der Waals surface area (Å²) in [5.74, 6) is -1.15. The van der Waals surface area contributed by atoms with Gasteiger partial charge in [0, 0.05) is 19.2 Å². The van der Waals surface area contributed by atoms with Crippen molar-refractivity contribution in [2.75, 3.05) is 6.54 Å². The van der Waals surface area contributed by atoms with Crippen LogP contribution in [0, 0.1) is 5.82 Å². The summed E-state index contributed by atoms with van der Waals surface area (Å²) in [7, 11) is 0. The summed E-state index contributed by atoms with van der Waals surface area (Å²) < 4.78 is 23.5. The maximum Gasteiger partial charge on any atom is 0.407 e. The lowest BCUT2D eigenvalue weighted by Crippen LogP contribution is -2.33. The number of carbonyl (C=O) groups is 2. The van der Waals surface area contributed by atoms with Gasteiger partial charge in [-0.15, -0.1) is 0 Å². The van der Waals surface area contributed by atoms with Gasteiger partial charge in [-0.05, 0) is 32.9 Å². The van der Waals surface area contributed by atoms with E-state index in [2.05, 4.69) is 25.8 Å². The molecule has 0 aliphatic rings. The van der Waals surface area contributed by atoms with Gasteiger partial charge in [-0.3, -0.25) is 9.78 Å². The first-order valence-corrected chi connectivity index (χ1v) is 7.91. The van der Waals surface area contributed by atoms with Gasteiger partial charge in [0.05, 0.1) is 12.2 Å². The second-order valence-electron chi connectivity index (χ2n) is 6.30. The predicted octanol–water partition coefficient (Wildman–Crippen LogP) is 1.60. The molecule has 2 heterocycles. The van der Waals surface area contributed by atoms with E-state index in [4.69, 9.17) is 9.26 Å². The van der Waals surface area contributed by atoms with E-state index in [1.807, 2.05) is 0 Å². The highest BCUT2D eigenvalue weighted by Crippen LogP contribution is 2.06. The smallest absolute Gasteiger partial charge is 0.407 e. The summed E-state index contributed by atoms with van der Waals surface area (Å²) in [5, 5.41) is 8.54. The van der Waals surface area contributed by atoms with Gasteiger partial charge < -0.3 is 19.9 Å². The van der Waals surface area contributed by atoms with Crippen molar-refractivity contribution in [3.05, 3.63) is 41.6 Å². The number of carbonyl (C=O) groups excluding carboxylic acids is 2. The normalized spacial score (nSPS) is 11.1. The average Bonchev–Trinajstić information content (AvgIpc) is 3.01. The Balaban J connectivity index is 1.79. The van der Waals surface area contributed by atoms with Gasteiger partial charge in [-0.1, -0.05) is 5.16 Å². The molecule has 0 saturated heterocycles. The number of pyridine rings is 1. The van der Waals surface area contributed by atoms with Gasteiger partial charge in [0.15, 0.2) is 0 Å². The molecule has 2 aromatic rings. The lowest BCUT2D eigenvalue weighted by molar-refractivity contribution is 0.0527. The largest absolute Gasteiger partial charge is 0.444 e. The van der Waals surface area contributed by atoms with Crippen molar-refractivity contribution in [2.45, 2.75) is 39.3 Å². The van der Waals surface area contributed by atoms with Gasteiger partial charge in [-0.2, -0.15) is 4.98 Å². The fourth-order valence-corrected chi connectivity index (χ4v) is 1.83. The molecule has 2 aromatic heterocycles. The van der Waals surface area contributed by atoms with Crippen LogP contribution in [-0.4, -0.2) is 39.3 Å². The van der Waals surface area contributed by atoms with Crippen molar-refractivity contribution in [1.82, 2.24) is 25.8 Å². The molecule has 2 amide bonds. The van der Waals surface area contributed by atoms with Crippen LogP contribution in [0.3, 0.4) is 0 Å². The Bertz CT molecular complexity index is 772. The molecule has 0 atom stereocenters. The second kappa shape index (κ2) is 8.37. The Morgan fingerprint density at radius 1 is 1.31 bits per heavy atom. The number of hydrogen-bond donors (Lipinski definition) is 2. The first-order chi connectivity index (χ1) is 12.2. The molecule has 140 valence electrons. The van der Waals surface area contributed by atoms with Crippen LogP contribution in [0.25, 0.3) is 0 Å². The van der Waals surface area contributed by atoms with E-state index in [0.29, 0.717) is 0 Å². The first-order valence-electron chi connectivity index (χ1n) is 7.91. The molecule has 0 aromatic carbocycles. The summed E-state index contributed by atoms with van der Waals surface area (Å²) in [6.45, 7) is 5.37. The fraction of sp³-hybridized carbons (Fsp3) is 0.438. The molecule has 10 heteroatoms. The van der Waals surface area contributed by atoms with Gasteiger partial charge in [0.2, 0.25) is 5.89 Å². The zero-order valence-electron chi connectivity index (χ0n) is 14.7. The molecule has 9 nitrogen and oxygen atoms in total. The molecule has 0 bridgehead atoms. The first kappa shape index (κ1) is 19.3. The SMILES string of the molecule is CC(C)(C)OC(=O)NCCc1nc(C(=O)NCc2ncccc2F)no1. The lowest BCUT2D eigenvalue weighted by Gasteiger charge is -2.19. The summed E-state index contributed by atoms with van der Waals surface area (Å²) in [5.41, 5.74) is -0.487. The van der Waals surface area contributed by atoms with E-state index in [0.717, 1.165) is 0 Å². The van der Waals surface area contributed by atoms with Gasteiger partial charge >= 0.3 is 6.09 Å². The minimum atomic E-state index is -0.620. The Morgan fingerprint density at radius 2 is 2.08 bits per heavy atom. The number of amides is 2. The average molecular weight is 365 g/mol. The second-order valence-corrected chi connectivity index (χ2v) is 6.30. The molecular weight excluding hydrogens is 345 g/mol. The summed E-state index contributed by atoms with van der Waals surface area (Å²) >= 11 is 0. The lowest BCUT2D eigenvalue weighted by atomic mass is 10.2. The van der Waals surface area contributed by atoms with Crippen LogP contribution in [0.4, 0.5) is 9.18 Å². The Labute approximate surface area is 149 Å². The molecular formula is C16H20FN5O4. The van der Waals surface area contributed by atoms with E-state index in [1.54, 1.807) is 20.8 Å². The molecule has 26 heavy (non-hydrogen) atoms. The van der Waals surface area contributed by atoms with Crippen molar-refractivity contribution < 1.29 is 23.2 Å². The summed E-state index contributed by atoms with van der Waals surface area (Å²) in [6, 6.07) is 2.70. The van der Waals surface area contributed by atoms with Crippen molar-refractivity contribution >= 4 is 12.0 Å². The minimum Gasteiger partial charge on any atom is -0.444 e. The minimum absolute atomic E-state index is 0.102. The number of nitrogens with zero attached hydrogens (tertiary/aromatic N) is 3. The highest BCUT2D eigenvalue weighted by molar-refractivity contribution is 5.90. The van der Waals surface area contributed by atoms with E-state index in [1.165, 1.54) is 18.3 Å². The topological polar surface area (TPSA) is 119 Å².